The fraction of sp³-hybridized carbons (Fsp3) is 0.579. The van der Waals surface area contributed by atoms with Gasteiger partial charge >= 0.3 is 0 Å². The molecule has 1 nitrogen and oxygen atoms in total. The molecule has 1 fully saturated rings. The molecule has 0 amide bonds. The number of aryl methyl sites for hydroxylation is 1. The molecule has 22 heavy (non-hydrogen) atoms. The Morgan fingerprint density at radius 3 is 2.32 bits per heavy atom. The van der Waals surface area contributed by atoms with Gasteiger partial charge in [0.2, 0.25) is 0 Å². The van der Waals surface area contributed by atoms with E-state index in [-0.39, 0.29) is 12.5 Å². The van der Waals surface area contributed by atoms with Crippen molar-refractivity contribution in [1.82, 2.24) is 0 Å². The van der Waals surface area contributed by atoms with Gasteiger partial charge in [-0.3, -0.25) is 0 Å². The highest BCUT2D eigenvalue weighted by Gasteiger charge is 2.33. The van der Waals surface area contributed by atoms with Crippen LogP contribution in [0.15, 0.2) is 36.4 Å². The van der Waals surface area contributed by atoms with Crippen molar-refractivity contribution >= 4 is 0 Å². The highest BCUT2D eigenvalue weighted by atomic mass is 19.3. The molecule has 2 rings (SSSR count). The largest absolute Gasteiger partial charge is 0.367 e. The standard InChI is InChI=1S/C19H26F2O/c1-3-4-15-9-11-17(12-10-15)18(19(20)21)22-13-16-7-5-14(2)6-8-16/h3-8,15,17-19H,9-13H2,1-2H3/b4-3+. The lowest BCUT2D eigenvalue weighted by Crippen LogP contribution is -2.33. The number of halogens is 2. The van der Waals surface area contributed by atoms with Gasteiger partial charge in [-0.05, 0) is 56.9 Å². The van der Waals surface area contributed by atoms with Crippen molar-refractivity contribution in [2.45, 2.75) is 58.7 Å². The molecule has 0 radical (unpaired) electrons. The van der Waals surface area contributed by atoms with Crippen molar-refractivity contribution in [3.63, 3.8) is 0 Å². The average Bonchev–Trinajstić information content (AvgIpc) is 2.51. The summed E-state index contributed by atoms with van der Waals surface area (Å²) in [5.74, 6) is 0.531. The quantitative estimate of drug-likeness (QED) is 0.628. The van der Waals surface area contributed by atoms with Gasteiger partial charge in [0.1, 0.15) is 6.10 Å². The average molecular weight is 308 g/mol. The lowest BCUT2D eigenvalue weighted by molar-refractivity contribution is -0.101. The maximum absolute atomic E-state index is 13.4. The zero-order valence-electron chi connectivity index (χ0n) is 13.5. The van der Waals surface area contributed by atoms with E-state index in [4.69, 9.17) is 4.74 Å². The monoisotopic (exact) mass is 308 g/mol. The van der Waals surface area contributed by atoms with Crippen LogP contribution in [0.25, 0.3) is 0 Å². The summed E-state index contributed by atoms with van der Waals surface area (Å²) in [4.78, 5) is 0. The van der Waals surface area contributed by atoms with Gasteiger partial charge in [0.25, 0.3) is 6.43 Å². The Morgan fingerprint density at radius 2 is 1.77 bits per heavy atom. The van der Waals surface area contributed by atoms with E-state index in [1.807, 2.05) is 38.1 Å². The van der Waals surface area contributed by atoms with E-state index < -0.39 is 12.5 Å². The van der Waals surface area contributed by atoms with E-state index in [2.05, 4.69) is 12.2 Å². The maximum atomic E-state index is 13.4. The van der Waals surface area contributed by atoms with Crippen LogP contribution in [0.4, 0.5) is 8.78 Å². The van der Waals surface area contributed by atoms with Crippen molar-refractivity contribution in [3.05, 3.63) is 47.5 Å². The minimum absolute atomic E-state index is 0.0213. The number of rotatable bonds is 6. The van der Waals surface area contributed by atoms with Crippen LogP contribution in [-0.2, 0) is 11.3 Å². The maximum Gasteiger partial charge on any atom is 0.264 e. The van der Waals surface area contributed by atoms with Crippen LogP contribution in [0.3, 0.4) is 0 Å². The van der Waals surface area contributed by atoms with Gasteiger partial charge in [0.15, 0.2) is 0 Å². The second-order valence-corrected chi connectivity index (χ2v) is 6.30. The molecule has 0 spiro atoms. The Balaban J connectivity index is 1.89. The van der Waals surface area contributed by atoms with Crippen molar-refractivity contribution in [2.75, 3.05) is 0 Å². The number of ether oxygens (including phenoxy) is 1. The molecule has 1 aliphatic carbocycles. The summed E-state index contributed by atoms with van der Waals surface area (Å²) < 4.78 is 32.3. The van der Waals surface area contributed by atoms with E-state index in [0.717, 1.165) is 36.8 Å². The first-order valence-electron chi connectivity index (χ1n) is 8.18. The molecule has 0 N–H and O–H groups in total. The van der Waals surface area contributed by atoms with Crippen molar-refractivity contribution < 1.29 is 13.5 Å². The Bertz CT molecular complexity index is 459. The molecule has 1 aromatic rings. The molecule has 0 aromatic heterocycles. The van der Waals surface area contributed by atoms with Crippen LogP contribution in [0.5, 0.6) is 0 Å². The van der Waals surface area contributed by atoms with Gasteiger partial charge < -0.3 is 4.74 Å². The topological polar surface area (TPSA) is 9.23 Å². The van der Waals surface area contributed by atoms with E-state index in [9.17, 15) is 8.78 Å². The first-order chi connectivity index (χ1) is 10.6. The SMILES string of the molecule is C/C=C/C1CCC(C(OCc2ccc(C)cc2)C(F)F)CC1. The fourth-order valence-electron chi connectivity index (χ4n) is 3.23. The number of alkyl halides is 2. The Kier molecular flexibility index (Phi) is 6.56. The molecule has 3 heteroatoms. The summed E-state index contributed by atoms with van der Waals surface area (Å²) in [7, 11) is 0. The second-order valence-electron chi connectivity index (χ2n) is 6.30. The number of benzene rings is 1. The zero-order chi connectivity index (χ0) is 15.9. The van der Waals surface area contributed by atoms with E-state index in [1.54, 1.807) is 0 Å². The van der Waals surface area contributed by atoms with Gasteiger partial charge in [0.05, 0.1) is 6.61 Å². The van der Waals surface area contributed by atoms with Crippen LogP contribution < -0.4 is 0 Å². The van der Waals surface area contributed by atoms with Gasteiger partial charge in [-0.2, -0.15) is 0 Å². The first-order valence-corrected chi connectivity index (χ1v) is 8.18. The molecule has 0 aliphatic heterocycles. The Hall–Kier alpha value is -1.22. The summed E-state index contributed by atoms with van der Waals surface area (Å²) >= 11 is 0. The Morgan fingerprint density at radius 1 is 1.14 bits per heavy atom. The summed E-state index contributed by atoms with van der Waals surface area (Å²) in [5.41, 5.74) is 2.12. The highest BCUT2D eigenvalue weighted by molar-refractivity contribution is 5.20. The molecule has 0 saturated heterocycles. The van der Waals surface area contributed by atoms with Crippen molar-refractivity contribution in [2.24, 2.45) is 11.8 Å². The number of hydrogen-bond donors (Lipinski definition) is 0. The van der Waals surface area contributed by atoms with Gasteiger partial charge in [-0.15, -0.1) is 0 Å². The van der Waals surface area contributed by atoms with E-state index in [1.165, 1.54) is 0 Å². The van der Waals surface area contributed by atoms with Crippen LogP contribution in [0.2, 0.25) is 0 Å². The predicted octanol–water partition coefficient (Wildman–Crippen LogP) is 5.53. The first kappa shape index (κ1) is 17.1. The third kappa shape index (κ3) is 4.91. The van der Waals surface area contributed by atoms with Gasteiger partial charge in [-0.1, -0.05) is 42.0 Å². The highest BCUT2D eigenvalue weighted by Crippen LogP contribution is 2.35. The molecular weight excluding hydrogens is 282 g/mol. The minimum atomic E-state index is -2.41. The van der Waals surface area contributed by atoms with E-state index in [0.29, 0.717) is 5.92 Å². The summed E-state index contributed by atoms with van der Waals surface area (Å²) in [6.45, 7) is 4.29. The number of allylic oxidation sites excluding steroid dienone is 2. The number of hydrogen-bond acceptors (Lipinski definition) is 1. The summed E-state index contributed by atoms with van der Waals surface area (Å²) in [6, 6.07) is 7.86. The van der Waals surface area contributed by atoms with Gasteiger partial charge in [-0.25, -0.2) is 8.78 Å². The normalized spacial score (nSPS) is 24.0. The fourth-order valence-corrected chi connectivity index (χ4v) is 3.23. The van der Waals surface area contributed by atoms with Crippen molar-refractivity contribution in [1.29, 1.82) is 0 Å². The molecule has 1 unspecified atom stereocenters. The van der Waals surface area contributed by atoms with E-state index >= 15 is 0 Å². The predicted molar refractivity (Wildman–Crippen MR) is 86.0 cm³/mol. The van der Waals surface area contributed by atoms with Crippen molar-refractivity contribution in [3.8, 4) is 0 Å². The third-order valence-electron chi connectivity index (χ3n) is 4.56. The van der Waals surface area contributed by atoms with Crippen LogP contribution in [0, 0.1) is 18.8 Å². The molecule has 1 saturated carbocycles. The van der Waals surface area contributed by atoms with Crippen LogP contribution in [0.1, 0.15) is 43.7 Å². The molecule has 1 aliphatic rings. The molecular formula is C19H26F2O. The summed E-state index contributed by atoms with van der Waals surface area (Å²) in [5, 5.41) is 0. The smallest absolute Gasteiger partial charge is 0.264 e. The molecule has 0 bridgehead atoms. The zero-order valence-corrected chi connectivity index (χ0v) is 13.5. The second kappa shape index (κ2) is 8.42. The van der Waals surface area contributed by atoms with Crippen LogP contribution >= 0.6 is 0 Å². The summed E-state index contributed by atoms with van der Waals surface area (Å²) in [6.07, 6.45) is 4.56. The third-order valence-corrected chi connectivity index (χ3v) is 4.56. The molecule has 1 atom stereocenters. The molecule has 122 valence electrons. The lowest BCUT2D eigenvalue weighted by Gasteiger charge is -2.32. The minimum Gasteiger partial charge on any atom is -0.367 e. The van der Waals surface area contributed by atoms with Crippen LogP contribution in [-0.4, -0.2) is 12.5 Å². The molecule has 1 aromatic carbocycles. The Labute approximate surface area is 132 Å². The lowest BCUT2D eigenvalue weighted by atomic mass is 9.79. The molecule has 0 heterocycles. The van der Waals surface area contributed by atoms with Gasteiger partial charge in [0, 0.05) is 0 Å².